The maximum Gasteiger partial charge on any atom is 0.271 e. The number of amides is 1. The van der Waals surface area contributed by atoms with E-state index in [0.717, 1.165) is 27.8 Å². The van der Waals surface area contributed by atoms with Crippen molar-refractivity contribution in [2.75, 3.05) is 6.61 Å². The molecule has 3 rings (SSSR count). The maximum atomic E-state index is 12.2. The molecule has 0 atom stereocenters. The molecule has 0 unspecified atom stereocenters. The second-order valence-electron chi connectivity index (χ2n) is 6.64. The Morgan fingerprint density at radius 2 is 1.87 bits per heavy atom. The molecule has 160 valence electrons. The van der Waals surface area contributed by atoms with Crippen LogP contribution in [0.3, 0.4) is 0 Å². The fourth-order valence-electron chi connectivity index (χ4n) is 2.64. The average molecular weight is 502 g/mol. The molecule has 5 nitrogen and oxygen atoms in total. The maximum absolute atomic E-state index is 12.2. The predicted molar refractivity (Wildman–Crippen MR) is 127 cm³/mol. The highest BCUT2D eigenvalue weighted by Gasteiger charge is 2.06. The summed E-state index contributed by atoms with van der Waals surface area (Å²) in [6, 6.07) is 20.0. The lowest BCUT2D eigenvalue weighted by atomic mass is 10.2. The van der Waals surface area contributed by atoms with E-state index in [1.54, 1.807) is 30.5 Å². The molecule has 0 aliphatic carbocycles. The molecule has 1 amide bonds. The number of nitrogens with one attached hydrogen (secondary N) is 1. The van der Waals surface area contributed by atoms with Gasteiger partial charge < -0.3 is 9.47 Å². The van der Waals surface area contributed by atoms with Gasteiger partial charge in [0.2, 0.25) is 0 Å². The number of ether oxygens (including phenoxy) is 2. The van der Waals surface area contributed by atoms with Gasteiger partial charge in [-0.1, -0.05) is 36.7 Å². The van der Waals surface area contributed by atoms with Gasteiger partial charge in [0.15, 0.2) is 0 Å². The zero-order chi connectivity index (χ0) is 22.1. The smallest absolute Gasteiger partial charge is 0.271 e. The van der Waals surface area contributed by atoms with Gasteiger partial charge in [-0.3, -0.25) is 4.79 Å². The lowest BCUT2D eigenvalue weighted by Gasteiger charge is -2.10. The first kappa shape index (κ1) is 22.8. The molecule has 0 radical (unpaired) electrons. The predicted octanol–water partition coefficient (Wildman–Crippen LogP) is 6.23. The molecule has 31 heavy (non-hydrogen) atoms. The Bertz CT molecular complexity index is 1050. The monoisotopic (exact) mass is 500 g/mol. The SMILES string of the molecule is CCCOc1ccc(C(=O)N/N=C\c2ccc(OCc3ccccc3Cl)c(Br)c2)cc1. The number of halogens is 2. The molecule has 0 aliphatic heterocycles. The number of benzene rings is 3. The van der Waals surface area contributed by atoms with Crippen molar-refractivity contribution in [3.8, 4) is 11.5 Å². The van der Waals surface area contributed by atoms with Crippen molar-refractivity contribution in [1.29, 1.82) is 0 Å². The standard InChI is InChI=1S/C24H22BrClN2O3/c1-2-13-30-20-10-8-18(9-11-20)24(29)28-27-15-17-7-12-23(21(25)14-17)31-16-19-5-3-4-6-22(19)26/h3-12,14-15H,2,13,16H2,1H3,(H,28,29)/b27-15-. The van der Waals surface area contributed by atoms with E-state index in [0.29, 0.717) is 29.5 Å². The lowest BCUT2D eigenvalue weighted by molar-refractivity contribution is 0.0955. The highest BCUT2D eigenvalue weighted by molar-refractivity contribution is 9.10. The normalized spacial score (nSPS) is 10.8. The van der Waals surface area contributed by atoms with Crippen LogP contribution in [0.15, 0.2) is 76.3 Å². The molecule has 0 spiro atoms. The summed E-state index contributed by atoms with van der Waals surface area (Å²) < 4.78 is 12.1. The van der Waals surface area contributed by atoms with Gasteiger partial charge in [-0.25, -0.2) is 5.43 Å². The number of hydrogen-bond donors (Lipinski definition) is 1. The van der Waals surface area contributed by atoms with Crippen molar-refractivity contribution in [3.05, 3.63) is 92.9 Å². The van der Waals surface area contributed by atoms with Gasteiger partial charge in [-0.2, -0.15) is 5.10 Å². The van der Waals surface area contributed by atoms with Crippen LogP contribution in [0, 0.1) is 0 Å². The topological polar surface area (TPSA) is 59.9 Å². The van der Waals surface area contributed by atoms with E-state index in [1.165, 1.54) is 0 Å². The molecular formula is C24H22BrClN2O3. The highest BCUT2D eigenvalue weighted by atomic mass is 79.9. The van der Waals surface area contributed by atoms with Crippen molar-refractivity contribution in [3.63, 3.8) is 0 Å². The Morgan fingerprint density at radius 3 is 2.58 bits per heavy atom. The molecule has 0 heterocycles. The third kappa shape index (κ3) is 6.84. The summed E-state index contributed by atoms with van der Waals surface area (Å²) >= 11 is 9.66. The Kier molecular flexibility index (Phi) is 8.50. The van der Waals surface area contributed by atoms with Crippen molar-refractivity contribution >= 4 is 39.7 Å². The summed E-state index contributed by atoms with van der Waals surface area (Å²) in [6.45, 7) is 3.05. The number of rotatable bonds is 9. The minimum atomic E-state index is -0.294. The molecule has 0 aliphatic rings. The Morgan fingerprint density at radius 1 is 1.10 bits per heavy atom. The van der Waals surface area contributed by atoms with Crippen LogP contribution in [0.25, 0.3) is 0 Å². The van der Waals surface area contributed by atoms with Crippen LogP contribution in [0.5, 0.6) is 11.5 Å². The molecule has 0 saturated carbocycles. The summed E-state index contributed by atoms with van der Waals surface area (Å²) in [4.78, 5) is 12.2. The molecule has 3 aromatic rings. The first-order chi connectivity index (χ1) is 15.1. The van der Waals surface area contributed by atoms with Gasteiger partial charge >= 0.3 is 0 Å². The zero-order valence-corrected chi connectivity index (χ0v) is 19.3. The zero-order valence-electron chi connectivity index (χ0n) is 17.0. The summed E-state index contributed by atoms with van der Waals surface area (Å²) in [5.74, 6) is 1.13. The number of carbonyl (C=O) groups excluding carboxylic acids is 1. The quantitative estimate of drug-likeness (QED) is 0.279. The van der Waals surface area contributed by atoms with E-state index in [-0.39, 0.29) is 5.91 Å². The van der Waals surface area contributed by atoms with Crippen LogP contribution in [-0.4, -0.2) is 18.7 Å². The van der Waals surface area contributed by atoms with E-state index in [2.05, 4.69) is 26.5 Å². The lowest BCUT2D eigenvalue weighted by Crippen LogP contribution is -2.17. The van der Waals surface area contributed by atoms with Crippen molar-refractivity contribution in [2.45, 2.75) is 20.0 Å². The van der Waals surface area contributed by atoms with E-state index < -0.39 is 0 Å². The third-order valence-corrected chi connectivity index (χ3v) is 5.25. The first-order valence-electron chi connectivity index (χ1n) is 9.79. The van der Waals surface area contributed by atoms with Crippen molar-refractivity contribution in [1.82, 2.24) is 5.43 Å². The van der Waals surface area contributed by atoms with E-state index >= 15 is 0 Å². The fourth-order valence-corrected chi connectivity index (χ4v) is 3.34. The van der Waals surface area contributed by atoms with Gasteiger partial charge in [0.25, 0.3) is 5.91 Å². The number of hydrazone groups is 1. The van der Waals surface area contributed by atoms with E-state index in [4.69, 9.17) is 21.1 Å². The summed E-state index contributed by atoms with van der Waals surface area (Å²) in [7, 11) is 0. The third-order valence-electron chi connectivity index (χ3n) is 4.27. The molecule has 7 heteroatoms. The molecule has 0 fully saturated rings. The minimum Gasteiger partial charge on any atom is -0.494 e. The number of hydrogen-bond acceptors (Lipinski definition) is 4. The second-order valence-corrected chi connectivity index (χ2v) is 7.90. The Labute approximate surface area is 195 Å². The summed E-state index contributed by atoms with van der Waals surface area (Å²) in [6.07, 6.45) is 2.50. The first-order valence-corrected chi connectivity index (χ1v) is 11.0. The van der Waals surface area contributed by atoms with Gasteiger partial charge in [-0.15, -0.1) is 0 Å². The van der Waals surface area contributed by atoms with E-state index in [9.17, 15) is 4.79 Å². The molecule has 3 aromatic carbocycles. The number of carbonyl (C=O) groups is 1. The summed E-state index contributed by atoms with van der Waals surface area (Å²) in [5, 5.41) is 4.70. The van der Waals surface area contributed by atoms with Crippen LogP contribution in [0.1, 0.15) is 34.8 Å². The average Bonchev–Trinajstić information content (AvgIpc) is 2.78. The molecule has 0 aromatic heterocycles. The molecule has 0 saturated heterocycles. The largest absolute Gasteiger partial charge is 0.494 e. The van der Waals surface area contributed by atoms with Gasteiger partial charge in [0, 0.05) is 16.1 Å². The van der Waals surface area contributed by atoms with Gasteiger partial charge in [0.1, 0.15) is 18.1 Å². The van der Waals surface area contributed by atoms with Crippen molar-refractivity contribution in [2.24, 2.45) is 5.10 Å². The van der Waals surface area contributed by atoms with Crippen LogP contribution in [-0.2, 0) is 6.61 Å². The second kappa shape index (κ2) is 11.5. The van der Waals surface area contributed by atoms with Crippen LogP contribution in [0.2, 0.25) is 5.02 Å². The van der Waals surface area contributed by atoms with Gasteiger partial charge in [-0.05, 0) is 76.4 Å². The van der Waals surface area contributed by atoms with Gasteiger partial charge in [0.05, 0.1) is 17.3 Å². The fraction of sp³-hybridized carbons (Fsp3) is 0.167. The van der Waals surface area contributed by atoms with Crippen LogP contribution < -0.4 is 14.9 Å². The Balaban J connectivity index is 1.54. The molecular weight excluding hydrogens is 480 g/mol. The molecule has 0 bridgehead atoms. The Hall–Kier alpha value is -2.83. The van der Waals surface area contributed by atoms with Crippen molar-refractivity contribution < 1.29 is 14.3 Å². The number of nitrogens with zero attached hydrogens (tertiary/aromatic N) is 1. The minimum absolute atomic E-state index is 0.294. The highest BCUT2D eigenvalue weighted by Crippen LogP contribution is 2.27. The summed E-state index contributed by atoms with van der Waals surface area (Å²) in [5.41, 5.74) is 4.75. The van der Waals surface area contributed by atoms with Crippen LogP contribution in [0.4, 0.5) is 0 Å². The van der Waals surface area contributed by atoms with E-state index in [1.807, 2.05) is 49.4 Å². The molecule has 1 N–H and O–H groups in total. The van der Waals surface area contributed by atoms with Crippen LogP contribution >= 0.6 is 27.5 Å².